The highest BCUT2D eigenvalue weighted by molar-refractivity contribution is 6.10. The monoisotopic (exact) mass is 398 g/mol. The number of hydrogen-bond acceptors (Lipinski definition) is 7. The average molecular weight is 398 g/mol. The van der Waals surface area contributed by atoms with Crippen LogP contribution in [0, 0.1) is 0 Å². The fourth-order valence-electron chi connectivity index (χ4n) is 3.76. The first kappa shape index (κ1) is 17.9. The van der Waals surface area contributed by atoms with E-state index in [1.807, 2.05) is 42.6 Å². The number of pyridine rings is 1. The molecule has 5 rings (SSSR count). The SMILES string of the molecule is COC(=O)c1ccc2nc(Cn3ccc4c5c(N)nc(N)nc5ccc43)ccc2c1. The van der Waals surface area contributed by atoms with Gasteiger partial charge in [0.2, 0.25) is 5.95 Å². The summed E-state index contributed by atoms with van der Waals surface area (Å²) in [4.78, 5) is 24.8. The lowest BCUT2D eigenvalue weighted by molar-refractivity contribution is 0.0601. The minimum atomic E-state index is -0.364. The standard InChI is InChI=1S/C22H18N6O2/c1-30-21(29)13-3-5-16-12(10-13)2-4-14(25-16)11-28-9-8-15-18(28)7-6-17-19(15)20(23)27-22(24)26-17/h2-10H,11H2,1H3,(H4,23,24,26,27). The van der Waals surface area contributed by atoms with Gasteiger partial charge in [0.1, 0.15) is 5.82 Å². The lowest BCUT2D eigenvalue weighted by atomic mass is 10.1. The first-order chi connectivity index (χ1) is 14.5. The first-order valence-corrected chi connectivity index (χ1v) is 9.32. The molecule has 0 saturated heterocycles. The Balaban J connectivity index is 1.54. The molecule has 0 amide bonds. The van der Waals surface area contributed by atoms with Crippen molar-refractivity contribution < 1.29 is 9.53 Å². The molecular formula is C22H18N6O2. The van der Waals surface area contributed by atoms with E-state index in [0.717, 1.165) is 38.4 Å². The second-order valence-electron chi connectivity index (χ2n) is 7.00. The summed E-state index contributed by atoms with van der Waals surface area (Å²) >= 11 is 0. The van der Waals surface area contributed by atoms with E-state index in [4.69, 9.17) is 21.2 Å². The summed E-state index contributed by atoms with van der Waals surface area (Å²) < 4.78 is 6.88. The molecule has 30 heavy (non-hydrogen) atoms. The summed E-state index contributed by atoms with van der Waals surface area (Å²) in [7, 11) is 1.37. The lowest BCUT2D eigenvalue weighted by Crippen LogP contribution is -2.03. The van der Waals surface area contributed by atoms with Crippen molar-refractivity contribution in [1.29, 1.82) is 0 Å². The van der Waals surface area contributed by atoms with Gasteiger partial charge in [-0.3, -0.25) is 4.98 Å². The van der Waals surface area contributed by atoms with Gasteiger partial charge < -0.3 is 20.8 Å². The number of nitrogens with zero attached hydrogens (tertiary/aromatic N) is 4. The number of carbonyl (C=O) groups is 1. The van der Waals surface area contributed by atoms with E-state index in [0.29, 0.717) is 17.9 Å². The Morgan fingerprint density at radius 2 is 1.83 bits per heavy atom. The van der Waals surface area contributed by atoms with Crippen molar-refractivity contribution in [2.75, 3.05) is 18.6 Å². The van der Waals surface area contributed by atoms with Crippen LogP contribution >= 0.6 is 0 Å². The van der Waals surface area contributed by atoms with Crippen molar-refractivity contribution in [3.05, 3.63) is 66.0 Å². The number of esters is 1. The van der Waals surface area contributed by atoms with Crippen LogP contribution in [0.1, 0.15) is 16.1 Å². The molecule has 0 fully saturated rings. The van der Waals surface area contributed by atoms with E-state index in [1.54, 1.807) is 12.1 Å². The third kappa shape index (κ3) is 2.86. The predicted octanol–water partition coefficient (Wildman–Crippen LogP) is 3.13. The molecule has 0 aliphatic heterocycles. The van der Waals surface area contributed by atoms with Crippen molar-refractivity contribution in [2.45, 2.75) is 6.54 Å². The van der Waals surface area contributed by atoms with Gasteiger partial charge in [-0.2, -0.15) is 4.98 Å². The van der Waals surface area contributed by atoms with Crippen LogP contribution in [0.5, 0.6) is 0 Å². The van der Waals surface area contributed by atoms with Crippen molar-refractivity contribution in [1.82, 2.24) is 19.5 Å². The number of ether oxygens (including phenoxy) is 1. The maximum absolute atomic E-state index is 11.7. The summed E-state index contributed by atoms with van der Waals surface area (Å²) in [5, 5.41) is 2.64. The van der Waals surface area contributed by atoms with Gasteiger partial charge in [0.25, 0.3) is 0 Å². The molecule has 3 aromatic heterocycles. The van der Waals surface area contributed by atoms with Gasteiger partial charge in [0, 0.05) is 22.5 Å². The van der Waals surface area contributed by atoms with Gasteiger partial charge in [-0.25, -0.2) is 9.78 Å². The van der Waals surface area contributed by atoms with Crippen LogP contribution in [0.25, 0.3) is 32.7 Å². The van der Waals surface area contributed by atoms with Crippen molar-refractivity contribution in [3.8, 4) is 0 Å². The molecule has 0 aliphatic rings. The van der Waals surface area contributed by atoms with E-state index in [2.05, 4.69) is 14.5 Å². The van der Waals surface area contributed by atoms with Crippen LogP contribution in [-0.2, 0) is 11.3 Å². The second kappa shape index (κ2) is 6.70. The molecule has 0 aliphatic carbocycles. The number of carbonyl (C=O) groups excluding carboxylic acids is 1. The largest absolute Gasteiger partial charge is 0.465 e. The summed E-state index contributed by atoms with van der Waals surface area (Å²) in [5.74, 6) is 0.164. The maximum Gasteiger partial charge on any atom is 0.337 e. The van der Waals surface area contributed by atoms with E-state index in [1.165, 1.54) is 7.11 Å². The van der Waals surface area contributed by atoms with Crippen molar-refractivity contribution >= 4 is 50.4 Å². The van der Waals surface area contributed by atoms with Crippen molar-refractivity contribution in [2.24, 2.45) is 0 Å². The highest BCUT2D eigenvalue weighted by Crippen LogP contribution is 2.29. The third-order valence-corrected chi connectivity index (χ3v) is 5.16. The number of rotatable bonds is 3. The van der Waals surface area contributed by atoms with Crippen LogP contribution in [0.4, 0.5) is 11.8 Å². The van der Waals surface area contributed by atoms with Crippen LogP contribution in [0.15, 0.2) is 54.7 Å². The van der Waals surface area contributed by atoms with Gasteiger partial charge in [0.15, 0.2) is 0 Å². The fraction of sp³-hybridized carbons (Fsp3) is 0.0909. The Bertz CT molecular complexity index is 1460. The molecule has 4 N–H and O–H groups in total. The Morgan fingerprint density at radius 3 is 2.67 bits per heavy atom. The highest BCUT2D eigenvalue weighted by atomic mass is 16.5. The Hall–Kier alpha value is -4.20. The zero-order chi connectivity index (χ0) is 20.8. The lowest BCUT2D eigenvalue weighted by Gasteiger charge is -2.09. The van der Waals surface area contributed by atoms with Crippen LogP contribution in [0.3, 0.4) is 0 Å². The van der Waals surface area contributed by atoms with E-state index in [-0.39, 0.29) is 11.9 Å². The molecule has 0 unspecified atom stereocenters. The highest BCUT2D eigenvalue weighted by Gasteiger charge is 2.12. The third-order valence-electron chi connectivity index (χ3n) is 5.16. The number of aromatic nitrogens is 4. The molecule has 3 heterocycles. The molecule has 0 radical (unpaired) electrons. The fourth-order valence-corrected chi connectivity index (χ4v) is 3.76. The molecule has 5 aromatic rings. The number of nitrogens with two attached hydrogens (primary N) is 2. The predicted molar refractivity (Wildman–Crippen MR) is 116 cm³/mol. The van der Waals surface area contributed by atoms with E-state index in [9.17, 15) is 4.79 Å². The number of methoxy groups -OCH3 is 1. The van der Waals surface area contributed by atoms with Crippen molar-refractivity contribution in [3.63, 3.8) is 0 Å². The number of anilines is 2. The van der Waals surface area contributed by atoms with Crippen LogP contribution in [-0.4, -0.2) is 32.6 Å². The molecule has 0 saturated carbocycles. The summed E-state index contributed by atoms with van der Waals surface area (Å²) in [5.41, 5.74) is 15.8. The van der Waals surface area contributed by atoms with E-state index < -0.39 is 0 Å². The molecular weight excluding hydrogens is 380 g/mol. The second-order valence-corrected chi connectivity index (χ2v) is 7.00. The Morgan fingerprint density at radius 1 is 1.00 bits per heavy atom. The van der Waals surface area contributed by atoms with Crippen LogP contribution < -0.4 is 11.5 Å². The molecule has 0 spiro atoms. The quantitative estimate of drug-likeness (QED) is 0.448. The van der Waals surface area contributed by atoms with Gasteiger partial charge in [0.05, 0.1) is 41.3 Å². The number of hydrogen-bond donors (Lipinski definition) is 2. The molecule has 148 valence electrons. The maximum atomic E-state index is 11.7. The molecule has 0 atom stereocenters. The number of benzene rings is 2. The zero-order valence-electron chi connectivity index (χ0n) is 16.2. The Kier molecular flexibility index (Phi) is 3.99. The number of nitrogen functional groups attached to an aromatic ring is 2. The van der Waals surface area contributed by atoms with Gasteiger partial charge in [-0.15, -0.1) is 0 Å². The molecule has 8 heteroatoms. The molecule has 8 nitrogen and oxygen atoms in total. The summed E-state index contributed by atoms with van der Waals surface area (Å²) in [6.45, 7) is 0.583. The van der Waals surface area contributed by atoms with E-state index >= 15 is 0 Å². The molecule has 0 bridgehead atoms. The van der Waals surface area contributed by atoms with Gasteiger partial charge in [-0.1, -0.05) is 6.07 Å². The Labute approximate surface area is 171 Å². The first-order valence-electron chi connectivity index (χ1n) is 9.32. The summed E-state index contributed by atoms with van der Waals surface area (Å²) in [6, 6.07) is 15.1. The average Bonchev–Trinajstić information content (AvgIpc) is 3.15. The zero-order valence-corrected chi connectivity index (χ0v) is 16.2. The summed E-state index contributed by atoms with van der Waals surface area (Å²) in [6.07, 6.45) is 1.99. The molecule has 2 aromatic carbocycles. The topological polar surface area (TPSA) is 122 Å². The van der Waals surface area contributed by atoms with Gasteiger partial charge >= 0.3 is 5.97 Å². The smallest absolute Gasteiger partial charge is 0.337 e. The van der Waals surface area contributed by atoms with Gasteiger partial charge in [-0.05, 0) is 42.5 Å². The minimum absolute atomic E-state index is 0.162. The number of fused-ring (bicyclic) bond motifs is 4. The normalized spacial score (nSPS) is 11.4. The minimum Gasteiger partial charge on any atom is -0.465 e. The van der Waals surface area contributed by atoms with Crippen LogP contribution in [0.2, 0.25) is 0 Å².